The van der Waals surface area contributed by atoms with Crippen molar-refractivity contribution in [2.45, 2.75) is 0 Å². The van der Waals surface area contributed by atoms with Gasteiger partial charge in [0.05, 0.1) is 19.2 Å². The standard InChI is InChI=1S/C19H16Cl2O6/c1-24-17-9-12(4-8-18(22)25-2)3-6-16(17)27-19(23)11-26-15-7-5-13(20)10-14(15)21/h3-10H,11H2,1-2H3/b8-4+. The summed E-state index contributed by atoms with van der Waals surface area (Å²) in [7, 11) is 2.72. The molecule has 2 rings (SSSR count). The van der Waals surface area contributed by atoms with Crippen molar-refractivity contribution in [3.8, 4) is 17.2 Å². The van der Waals surface area contributed by atoms with Crippen molar-refractivity contribution in [2.75, 3.05) is 20.8 Å². The van der Waals surface area contributed by atoms with E-state index in [1.807, 2.05) is 0 Å². The highest BCUT2D eigenvalue weighted by atomic mass is 35.5. The summed E-state index contributed by atoms with van der Waals surface area (Å²) in [5.74, 6) is -0.281. The maximum Gasteiger partial charge on any atom is 0.349 e. The summed E-state index contributed by atoms with van der Waals surface area (Å²) in [5, 5.41) is 0.746. The van der Waals surface area contributed by atoms with Crippen molar-refractivity contribution >= 4 is 41.2 Å². The van der Waals surface area contributed by atoms with Gasteiger partial charge in [-0.3, -0.25) is 0 Å². The van der Waals surface area contributed by atoms with Gasteiger partial charge in [0.25, 0.3) is 0 Å². The minimum absolute atomic E-state index is 0.212. The zero-order valence-corrected chi connectivity index (χ0v) is 16.0. The third-order valence-corrected chi connectivity index (χ3v) is 3.79. The van der Waals surface area contributed by atoms with E-state index in [-0.39, 0.29) is 17.4 Å². The fourth-order valence-corrected chi connectivity index (χ4v) is 2.45. The van der Waals surface area contributed by atoms with Crippen molar-refractivity contribution in [3.63, 3.8) is 0 Å². The summed E-state index contributed by atoms with van der Waals surface area (Å²) < 4.78 is 20.3. The highest BCUT2D eigenvalue weighted by Crippen LogP contribution is 2.30. The quantitative estimate of drug-likeness (QED) is 0.387. The summed E-state index contributed by atoms with van der Waals surface area (Å²) in [6.07, 6.45) is 2.82. The third-order valence-electron chi connectivity index (χ3n) is 3.26. The van der Waals surface area contributed by atoms with Crippen LogP contribution in [-0.4, -0.2) is 32.8 Å². The molecule has 0 atom stereocenters. The Labute approximate surface area is 166 Å². The van der Waals surface area contributed by atoms with E-state index in [1.165, 1.54) is 26.4 Å². The van der Waals surface area contributed by atoms with Crippen LogP contribution in [0.15, 0.2) is 42.5 Å². The minimum Gasteiger partial charge on any atom is -0.493 e. The molecule has 0 radical (unpaired) electrons. The van der Waals surface area contributed by atoms with Gasteiger partial charge in [-0.2, -0.15) is 0 Å². The molecular weight excluding hydrogens is 395 g/mol. The Bertz CT molecular complexity index is 863. The lowest BCUT2D eigenvalue weighted by molar-refractivity contribution is -0.137. The van der Waals surface area contributed by atoms with Crippen LogP contribution in [0, 0.1) is 0 Å². The molecule has 0 aliphatic heterocycles. The smallest absolute Gasteiger partial charge is 0.349 e. The SMILES string of the molecule is COC(=O)/C=C/c1ccc(OC(=O)COc2ccc(Cl)cc2Cl)c(OC)c1. The number of hydrogen-bond acceptors (Lipinski definition) is 6. The summed E-state index contributed by atoms with van der Waals surface area (Å²) in [6.45, 7) is -0.353. The first-order valence-corrected chi connectivity index (χ1v) is 8.41. The van der Waals surface area contributed by atoms with Crippen LogP contribution in [0.25, 0.3) is 6.08 Å². The Morgan fingerprint density at radius 3 is 2.41 bits per heavy atom. The second kappa shape index (κ2) is 9.85. The van der Waals surface area contributed by atoms with E-state index in [9.17, 15) is 9.59 Å². The summed E-state index contributed by atoms with van der Waals surface area (Å²) in [5.41, 5.74) is 0.668. The lowest BCUT2D eigenvalue weighted by Gasteiger charge is -2.11. The van der Waals surface area contributed by atoms with Gasteiger partial charge in [0, 0.05) is 11.1 Å². The number of carbonyl (C=O) groups excluding carboxylic acids is 2. The number of rotatable bonds is 7. The number of carbonyl (C=O) groups is 2. The van der Waals surface area contributed by atoms with Crippen molar-refractivity contribution in [3.05, 3.63) is 58.1 Å². The van der Waals surface area contributed by atoms with E-state index >= 15 is 0 Å². The number of methoxy groups -OCH3 is 2. The number of halogens is 2. The molecule has 0 aromatic heterocycles. The fraction of sp³-hybridized carbons (Fsp3) is 0.158. The zero-order chi connectivity index (χ0) is 19.8. The lowest BCUT2D eigenvalue weighted by atomic mass is 10.2. The molecule has 2 aromatic carbocycles. The van der Waals surface area contributed by atoms with Crippen LogP contribution in [0.1, 0.15) is 5.56 Å². The molecule has 27 heavy (non-hydrogen) atoms. The first-order valence-electron chi connectivity index (χ1n) is 7.65. The van der Waals surface area contributed by atoms with Gasteiger partial charge in [-0.1, -0.05) is 29.3 Å². The van der Waals surface area contributed by atoms with Crippen LogP contribution in [0.3, 0.4) is 0 Å². The molecule has 0 aliphatic rings. The topological polar surface area (TPSA) is 71.1 Å². The Morgan fingerprint density at radius 2 is 1.74 bits per heavy atom. The molecule has 6 nitrogen and oxygen atoms in total. The maximum absolute atomic E-state index is 12.0. The molecule has 8 heteroatoms. The predicted octanol–water partition coefficient (Wildman–Crippen LogP) is 4.17. The Hall–Kier alpha value is -2.70. The molecular formula is C19H16Cl2O6. The molecule has 0 unspecified atom stereocenters. The van der Waals surface area contributed by atoms with Gasteiger partial charge >= 0.3 is 11.9 Å². The average molecular weight is 411 g/mol. The molecule has 2 aromatic rings. The van der Waals surface area contributed by atoms with E-state index in [1.54, 1.807) is 36.4 Å². The molecule has 0 bridgehead atoms. The van der Waals surface area contributed by atoms with Crippen LogP contribution in [0.5, 0.6) is 17.2 Å². The van der Waals surface area contributed by atoms with Crippen molar-refractivity contribution in [1.82, 2.24) is 0 Å². The second-order valence-electron chi connectivity index (χ2n) is 5.10. The highest BCUT2D eigenvalue weighted by Gasteiger charge is 2.12. The largest absolute Gasteiger partial charge is 0.493 e. The minimum atomic E-state index is -0.642. The fourth-order valence-electron chi connectivity index (χ4n) is 1.99. The molecule has 0 spiro atoms. The monoisotopic (exact) mass is 410 g/mol. The van der Waals surface area contributed by atoms with Gasteiger partial charge in [-0.25, -0.2) is 9.59 Å². The highest BCUT2D eigenvalue weighted by molar-refractivity contribution is 6.35. The van der Waals surface area contributed by atoms with E-state index in [0.717, 1.165) is 0 Å². The number of benzene rings is 2. The molecule has 0 saturated heterocycles. The van der Waals surface area contributed by atoms with Gasteiger partial charge in [-0.05, 0) is 42.0 Å². The van der Waals surface area contributed by atoms with Gasteiger partial charge in [0.1, 0.15) is 5.75 Å². The third kappa shape index (κ3) is 6.20. The van der Waals surface area contributed by atoms with E-state index in [4.69, 9.17) is 37.4 Å². The van der Waals surface area contributed by atoms with Crippen molar-refractivity contribution in [1.29, 1.82) is 0 Å². The van der Waals surface area contributed by atoms with Gasteiger partial charge in [0.2, 0.25) is 0 Å². The summed E-state index contributed by atoms with van der Waals surface area (Å²) in [6, 6.07) is 9.47. The van der Waals surface area contributed by atoms with Gasteiger partial charge in [-0.15, -0.1) is 0 Å². The molecule has 0 amide bonds. The molecule has 0 fully saturated rings. The Balaban J connectivity index is 2.02. The van der Waals surface area contributed by atoms with E-state index in [0.29, 0.717) is 22.1 Å². The first kappa shape index (κ1) is 20.6. The predicted molar refractivity (Wildman–Crippen MR) is 102 cm³/mol. The van der Waals surface area contributed by atoms with Crippen molar-refractivity contribution < 1.29 is 28.5 Å². The van der Waals surface area contributed by atoms with Gasteiger partial charge < -0.3 is 18.9 Å². The number of ether oxygens (including phenoxy) is 4. The van der Waals surface area contributed by atoms with Crippen LogP contribution >= 0.6 is 23.2 Å². The van der Waals surface area contributed by atoms with Gasteiger partial charge in [0.15, 0.2) is 18.1 Å². The Kier molecular flexibility index (Phi) is 7.52. The zero-order valence-electron chi connectivity index (χ0n) is 14.5. The lowest BCUT2D eigenvalue weighted by Crippen LogP contribution is -2.18. The Morgan fingerprint density at radius 1 is 1.00 bits per heavy atom. The molecule has 0 N–H and O–H groups in total. The normalized spacial score (nSPS) is 10.5. The average Bonchev–Trinajstić information content (AvgIpc) is 2.66. The van der Waals surface area contributed by atoms with Crippen LogP contribution in [-0.2, 0) is 14.3 Å². The molecule has 0 heterocycles. The molecule has 142 valence electrons. The van der Waals surface area contributed by atoms with Crippen LogP contribution in [0.2, 0.25) is 10.0 Å². The van der Waals surface area contributed by atoms with Crippen LogP contribution in [0.4, 0.5) is 0 Å². The van der Waals surface area contributed by atoms with E-state index in [2.05, 4.69) is 4.74 Å². The summed E-state index contributed by atoms with van der Waals surface area (Å²) in [4.78, 5) is 23.2. The van der Waals surface area contributed by atoms with Crippen molar-refractivity contribution in [2.24, 2.45) is 0 Å². The summed E-state index contributed by atoms with van der Waals surface area (Å²) >= 11 is 11.8. The maximum atomic E-state index is 12.0. The van der Waals surface area contributed by atoms with Crippen LogP contribution < -0.4 is 14.2 Å². The second-order valence-corrected chi connectivity index (χ2v) is 5.95. The van der Waals surface area contributed by atoms with E-state index < -0.39 is 11.9 Å². The molecule has 0 saturated carbocycles. The first-order chi connectivity index (χ1) is 12.9. The number of esters is 2. The molecule has 0 aliphatic carbocycles. The number of hydrogen-bond donors (Lipinski definition) is 0.